The van der Waals surface area contributed by atoms with Gasteiger partial charge in [-0.2, -0.15) is 0 Å². The first-order valence-corrected chi connectivity index (χ1v) is 14.3. The van der Waals surface area contributed by atoms with E-state index in [0.717, 1.165) is 15.4 Å². The summed E-state index contributed by atoms with van der Waals surface area (Å²) in [5, 5.41) is 3.06. The number of amides is 2. The molecule has 0 spiro atoms. The van der Waals surface area contributed by atoms with E-state index in [1.165, 1.54) is 24.1 Å². The van der Waals surface area contributed by atoms with Gasteiger partial charge in [-0.15, -0.1) is 0 Å². The van der Waals surface area contributed by atoms with Crippen LogP contribution in [-0.2, 0) is 26.2 Å². The molecule has 0 bridgehead atoms. The van der Waals surface area contributed by atoms with Crippen molar-refractivity contribution < 1.29 is 22.7 Å². The number of rotatable bonds is 11. The van der Waals surface area contributed by atoms with Gasteiger partial charge in [-0.1, -0.05) is 48.4 Å². The van der Waals surface area contributed by atoms with E-state index < -0.39 is 28.5 Å². The van der Waals surface area contributed by atoms with Crippen molar-refractivity contribution in [2.75, 3.05) is 25.0 Å². The van der Waals surface area contributed by atoms with Crippen LogP contribution < -0.4 is 14.4 Å². The molecule has 0 heterocycles. The highest BCUT2D eigenvalue weighted by Gasteiger charge is 2.34. The zero-order valence-corrected chi connectivity index (χ0v) is 24.3. The monoisotopic (exact) mass is 571 g/mol. The van der Waals surface area contributed by atoms with E-state index in [-0.39, 0.29) is 17.3 Å². The Morgan fingerprint density at radius 3 is 2.31 bits per heavy atom. The van der Waals surface area contributed by atoms with Crippen LogP contribution in [0.15, 0.2) is 71.6 Å². The molecule has 0 aliphatic carbocycles. The van der Waals surface area contributed by atoms with Crippen molar-refractivity contribution in [2.24, 2.45) is 0 Å². The van der Waals surface area contributed by atoms with Crippen molar-refractivity contribution in [1.82, 2.24) is 10.2 Å². The summed E-state index contributed by atoms with van der Waals surface area (Å²) in [5.41, 5.74) is 2.55. The lowest BCUT2D eigenvalue weighted by atomic mass is 10.1. The fourth-order valence-corrected chi connectivity index (χ4v) is 6.01. The number of ether oxygens (including phenoxy) is 1. The number of methoxy groups -OCH3 is 1. The summed E-state index contributed by atoms with van der Waals surface area (Å²) >= 11 is 6.15. The molecule has 0 radical (unpaired) electrons. The van der Waals surface area contributed by atoms with Crippen LogP contribution in [-0.4, -0.2) is 51.9 Å². The van der Waals surface area contributed by atoms with Crippen LogP contribution in [0.3, 0.4) is 0 Å². The van der Waals surface area contributed by atoms with Crippen molar-refractivity contribution >= 4 is 39.1 Å². The summed E-state index contributed by atoms with van der Waals surface area (Å²) in [4.78, 5) is 28.3. The molecule has 0 aliphatic rings. The maximum atomic E-state index is 14.0. The lowest BCUT2D eigenvalue weighted by Gasteiger charge is -2.33. The number of hydrogen-bond donors (Lipinski definition) is 1. The Balaban J connectivity index is 2.10. The summed E-state index contributed by atoms with van der Waals surface area (Å²) in [6.45, 7) is 4.96. The molecule has 208 valence electrons. The van der Waals surface area contributed by atoms with E-state index in [1.807, 2.05) is 13.0 Å². The third-order valence-electron chi connectivity index (χ3n) is 6.43. The predicted octanol–water partition coefficient (Wildman–Crippen LogP) is 4.71. The Hall–Kier alpha value is -3.56. The van der Waals surface area contributed by atoms with Gasteiger partial charge >= 0.3 is 0 Å². The Morgan fingerprint density at radius 2 is 1.72 bits per heavy atom. The summed E-state index contributed by atoms with van der Waals surface area (Å²) in [5.74, 6) is -0.268. The number of anilines is 1. The van der Waals surface area contributed by atoms with Crippen LogP contribution in [0, 0.1) is 13.8 Å². The minimum atomic E-state index is -4.15. The first-order valence-electron chi connectivity index (χ1n) is 12.5. The van der Waals surface area contributed by atoms with Gasteiger partial charge in [0, 0.05) is 18.6 Å². The molecule has 0 saturated heterocycles. The van der Waals surface area contributed by atoms with Gasteiger partial charge in [0.15, 0.2) is 0 Å². The molecule has 1 N–H and O–H groups in total. The predicted molar refractivity (Wildman–Crippen MR) is 154 cm³/mol. The fraction of sp³-hybridized carbons (Fsp3) is 0.310. The molecule has 39 heavy (non-hydrogen) atoms. The fourth-order valence-electron chi connectivity index (χ4n) is 4.30. The molecule has 2 amide bonds. The molecule has 0 fully saturated rings. The molecular formula is C29H34ClN3O5S. The van der Waals surface area contributed by atoms with Gasteiger partial charge in [0.25, 0.3) is 10.0 Å². The second kappa shape index (κ2) is 13.0. The lowest BCUT2D eigenvalue weighted by Crippen LogP contribution is -2.51. The Kier molecular flexibility index (Phi) is 9.99. The molecule has 1 atom stereocenters. The minimum Gasteiger partial charge on any atom is -0.497 e. The van der Waals surface area contributed by atoms with Crippen molar-refractivity contribution in [2.45, 2.75) is 44.7 Å². The topological polar surface area (TPSA) is 96.0 Å². The number of nitrogens with one attached hydrogen (secondary N) is 1. The molecule has 10 heteroatoms. The molecule has 8 nitrogen and oxygen atoms in total. The number of benzene rings is 3. The first kappa shape index (κ1) is 30.0. The summed E-state index contributed by atoms with van der Waals surface area (Å²) in [6, 6.07) is 17.6. The molecule has 3 aromatic carbocycles. The van der Waals surface area contributed by atoms with Gasteiger partial charge < -0.3 is 15.0 Å². The Bertz CT molecular complexity index is 1430. The van der Waals surface area contributed by atoms with Crippen molar-refractivity contribution in [3.8, 4) is 5.75 Å². The van der Waals surface area contributed by atoms with Crippen LogP contribution in [0.5, 0.6) is 5.75 Å². The number of likely N-dealkylation sites (N-methyl/N-ethyl adjacent to an activating group) is 1. The van der Waals surface area contributed by atoms with Crippen LogP contribution in [0.1, 0.15) is 30.0 Å². The van der Waals surface area contributed by atoms with Crippen LogP contribution in [0.4, 0.5) is 5.69 Å². The molecule has 0 saturated carbocycles. The number of carbonyl (C=O) groups excluding carboxylic acids is 2. The highest BCUT2D eigenvalue weighted by molar-refractivity contribution is 7.92. The van der Waals surface area contributed by atoms with Gasteiger partial charge in [0.05, 0.1) is 17.7 Å². The highest BCUT2D eigenvalue weighted by atomic mass is 35.5. The molecule has 0 unspecified atom stereocenters. The largest absolute Gasteiger partial charge is 0.497 e. The third-order valence-corrected chi connectivity index (χ3v) is 8.44. The zero-order valence-electron chi connectivity index (χ0n) is 22.8. The maximum absolute atomic E-state index is 14.0. The van der Waals surface area contributed by atoms with Crippen molar-refractivity contribution in [3.63, 3.8) is 0 Å². The first-order chi connectivity index (χ1) is 18.5. The number of sulfonamides is 1. The highest BCUT2D eigenvalue weighted by Crippen LogP contribution is 2.30. The maximum Gasteiger partial charge on any atom is 0.264 e. The van der Waals surface area contributed by atoms with Gasteiger partial charge in [0.1, 0.15) is 18.3 Å². The van der Waals surface area contributed by atoms with Crippen molar-refractivity contribution in [3.05, 3.63) is 88.4 Å². The average molecular weight is 572 g/mol. The lowest BCUT2D eigenvalue weighted by molar-refractivity contribution is -0.140. The smallest absolute Gasteiger partial charge is 0.264 e. The van der Waals surface area contributed by atoms with E-state index in [1.54, 1.807) is 69.5 Å². The van der Waals surface area contributed by atoms with Gasteiger partial charge in [0.2, 0.25) is 11.8 Å². The summed E-state index contributed by atoms with van der Waals surface area (Å²) in [6.07, 6.45) is 0.333. The third kappa shape index (κ3) is 7.10. The molecule has 3 aromatic rings. The number of aryl methyl sites for hydroxylation is 2. The SMILES string of the molecule is CC[C@H](C(=O)NC)N(Cc1cccc(OC)c1)C(=O)CN(c1ccc(Cl)cc1C)S(=O)(=O)c1ccc(C)cc1. The van der Waals surface area contributed by atoms with Gasteiger partial charge in [-0.3, -0.25) is 13.9 Å². The van der Waals surface area contributed by atoms with E-state index in [9.17, 15) is 18.0 Å². The normalized spacial score (nSPS) is 11.9. The number of nitrogens with zero attached hydrogens (tertiary/aromatic N) is 2. The molecule has 0 aliphatic heterocycles. The number of carbonyl (C=O) groups is 2. The number of hydrogen-bond acceptors (Lipinski definition) is 5. The van der Waals surface area contributed by atoms with Gasteiger partial charge in [-0.25, -0.2) is 8.42 Å². The minimum absolute atomic E-state index is 0.0490. The molecule has 3 rings (SSSR count). The van der Waals surface area contributed by atoms with Crippen molar-refractivity contribution in [1.29, 1.82) is 0 Å². The van der Waals surface area contributed by atoms with E-state index >= 15 is 0 Å². The molecular weight excluding hydrogens is 538 g/mol. The zero-order chi connectivity index (χ0) is 28.7. The second-order valence-corrected chi connectivity index (χ2v) is 11.5. The number of halogens is 1. The molecule has 0 aromatic heterocycles. The van der Waals surface area contributed by atoms with Crippen LogP contribution >= 0.6 is 11.6 Å². The van der Waals surface area contributed by atoms with Crippen LogP contribution in [0.2, 0.25) is 5.02 Å². The van der Waals surface area contributed by atoms with E-state index in [4.69, 9.17) is 16.3 Å². The second-order valence-electron chi connectivity index (χ2n) is 9.17. The average Bonchev–Trinajstić information content (AvgIpc) is 2.92. The quantitative estimate of drug-likeness (QED) is 0.359. The van der Waals surface area contributed by atoms with E-state index in [2.05, 4.69) is 5.32 Å². The van der Waals surface area contributed by atoms with Crippen LogP contribution in [0.25, 0.3) is 0 Å². The summed E-state index contributed by atoms with van der Waals surface area (Å²) in [7, 11) is -1.10. The Labute approximate surface area is 235 Å². The summed E-state index contributed by atoms with van der Waals surface area (Å²) < 4.78 is 34.3. The Morgan fingerprint density at radius 1 is 1.03 bits per heavy atom. The van der Waals surface area contributed by atoms with Gasteiger partial charge in [-0.05, 0) is 73.9 Å². The van der Waals surface area contributed by atoms with E-state index in [0.29, 0.717) is 28.4 Å². The standard InChI is InChI=1S/C29H34ClN3O5S/c1-6-26(29(35)31-4)32(18-22-8-7-9-24(17-22)38-5)28(34)19-33(27-15-12-23(30)16-21(27)3)39(36,37)25-13-10-20(2)11-14-25/h7-17,26H,6,18-19H2,1-5H3,(H,31,35)/t26-/m1/s1.